The van der Waals surface area contributed by atoms with Crippen LogP contribution in [-0.4, -0.2) is 58.0 Å². The van der Waals surface area contributed by atoms with E-state index in [2.05, 4.69) is 5.32 Å². The highest BCUT2D eigenvalue weighted by Crippen LogP contribution is 2.35. The second kappa shape index (κ2) is 12.5. The Morgan fingerprint density at radius 1 is 1.07 bits per heavy atom. The number of carbonyl (C=O) groups is 2. The first-order valence-corrected chi connectivity index (χ1v) is 15.3. The van der Waals surface area contributed by atoms with Gasteiger partial charge < -0.3 is 19.5 Å². The van der Waals surface area contributed by atoms with Gasteiger partial charge in [0.25, 0.3) is 5.91 Å². The number of hydrogen-bond acceptors (Lipinski definition) is 7. The first-order valence-electron chi connectivity index (χ1n) is 15.0. The van der Waals surface area contributed by atoms with Crippen molar-refractivity contribution in [1.29, 1.82) is 0 Å². The third-order valence-corrected chi connectivity index (χ3v) is 7.83. The molecular formula is C33H36ClN5O5. The number of amides is 2. The Morgan fingerprint density at radius 3 is 2.48 bits per heavy atom. The van der Waals surface area contributed by atoms with E-state index < -0.39 is 11.7 Å². The molecule has 230 valence electrons. The molecule has 11 heteroatoms. The maximum absolute atomic E-state index is 13.8. The summed E-state index contributed by atoms with van der Waals surface area (Å²) in [7, 11) is 0. The number of nitrogens with one attached hydrogen (secondary N) is 1. The third kappa shape index (κ3) is 6.97. The Morgan fingerprint density at radius 2 is 1.80 bits per heavy atom. The van der Waals surface area contributed by atoms with Crippen LogP contribution in [0.3, 0.4) is 0 Å². The van der Waals surface area contributed by atoms with Crippen molar-refractivity contribution in [2.75, 3.05) is 24.7 Å². The number of benzene rings is 2. The first kappa shape index (κ1) is 29.9. The molecule has 2 aromatic heterocycles. The van der Waals surface area contributed by atoms with Gasteiger partial charge in [0.1, 0.15) is 11.4 Å². The van der Waals surface area contributed by atoms with Crippen LogP contribution in [0, 0.1) is 5.92 Å². The molecule has 1 aliphatic carbocycles. The van der Waals surface area contributed by atoms with Crippen LogP contribution in [0.15, 0.2) is 60.8 Å². The summed E-state index contributed by atoms with van der Waals surface area (Å²) in [5.41, 5.74) is 2.28. The van der Waals surface area contributed by atoms with Gasteiger partial charge in [-0.15, -0.1) is 5.10 Å². The zero-order valence-electron chi connectivity index (χ0n) is 25.1. The second-order valence-electron chi connectivity index (χ2n) is 12.3. The Kier molecular flexibility index (Phi) is 8.46. The van der Waals surface area contributed by atoms with Crippen molar-refractivity contribution in [3.63, 3.8) is 0 Å². The number of fused-ring (bicyclic) bond motifs is 1. The largest absolute Gasteiger partial charge is 0.443 e. The molecule has 6 rings (SSSR count). The highest BCUT2D eigenvalue weighted by Gasteiger charge is 2.30. The molecule has 2 fully saturated rings. The van der Waals surface area contributed by atoms with Crippen molar-refractivity contribution in [3.05, 3.63) is 71.4 Å². The number of nitrogens with zero attached hydrogens (tertiary/aromatic N) is 4. The van der Waals surface area contributed by atoms with Crippen molar-refractivity contribution in [3.8, 4) is 22.9 Å². The van der Waals surface area contributed by atoms with Crippen molar-refractivity contribution in [1.82, 2.24) is 19.9 Å². The summed E-state index contributed by atoms with van der Waals surface area (Å²) < 4.78 is 19.3. The quantitative estimate of drug-likeness (QED) is 0.229. The molecule has 44 heavy (non-hydrogen) atoms. The minimum absolute atomic E-state index is 0.0888. The molecule has 10 nitrogen and oxygen atoms in total. The number of ether oxygens (including phenoxy) is 3. The molecule has 4 aromatic rings. The molecule has 1 aliphatic heterocycles. The molecule has 0 spiro atoms. The fourth-order valence-electron chi connectivity index (χ4n) is 5.08. The number of halogens is 1. The molecular weight excluding hydrogens is 582 g/mol. The van der Waals surface area contributed by atoms with Gasteiger partial charge >= 0.3 is 6.09 Å². The lowest BCUT2D eigenvalue weighted by molar-refractivity contribution is 0.0515. The highest BCUT2D eigenvalue weighted by molar-refractivity contribution is 6.32. The van der Waals surface area contributed by atoms with Gasteiger partial charge in [-0.3, -0.25) is 9.69 Å². The second-order valence-corrected chi connectivity index (χ2v) is 12.7. The van der Waals surface area contributed by atoms with Gasteiger partial charge in [0.15, 0.2) is 5.65 Å². The van der Waals surface area contributed by atoms with Gasteiger partial charge in [0, 0.05) is 43.0 Å². The molecule has 2 amide bonds. The van der Waals surface area contributed by atoms with E-state index in [1.54, 1.807) is 45.9 Å². The van der Waals surface area contributed by atoms with Gasteiger partial charge in [-0.05, 0) is 76.6 Å². The lowest BCUT2D eigenvalue weighted by Crippen LogP contribution is -2.41. The van der Waals surface area contributed by atoms with E-state index in [9.17, 15) is 9.59 Å². The van der Waals surface area contributed by atoms with Crippen molar-refractivity contribution >= 4 is 34.9 Å². The minimum atomic E-state index is -0.709. The average Bonchev–Trinajstić information content (AvgIpc) is 3.71. The molecule has 0 radical (unpaired) electrons. The predicted octanol–water partition coefficient (Wildman–Crippen LogP) is 6.90. The molecule has 2 aliphatic rings. The minimum Gasteiger partial charge on any atom is -0.443 e. The van der Waals surface area contributed by atoms with Crippen LogP contribution in [0.1, 0.15) is 56.8 Å². The summed E-state index contributed by atoms with van der Waals surface area (Å²) in [6, 6.07) is 16.4. The van der Waals surface area contributed by atoms with E-state index in [0.29, 0.717) is 53.1 Å². The van der Waals surface area contributed by atoms with Crippen molar-refractivity contribution < 1.29 is 23.8 Å². The van der Waals surface area contributed by atoms with Crippen LogP contribution in [0.25, 0.3) is 16.9 Å². The van der Waals surface area contributed by atoms with Gasteiger partial charge in [0.05, 0.1) is 22.6 Å². The Labute approximate surface area is 261 Å². The monoisotopic (exact) mass is 617 g/mol. The van der Waals surface area contributed by atoms with E-state index in [0.717, 1.165) is 31.2 Å². The number of imidazole rings is 1. The van der Waals surface area contributed by atoms with E-state index >= 15 is 0 Å². The summed E-state index contributed by atoms with van der Waals surface area (Å²) in [5.74, 6) is 0.768. The summed E-state index contributed by atoms with van der Waals surface area (Å²) in [6.07, 6.45) is 4.90. The fraction of sp³-hybridized carbons (Fsp3) is 0.394. The number of para-hydroxylation sites is 1. The molecule has 1 N–H and O–H groups in total. The lowest BCUT2D eigenvalue weighted by Gasteiger charge is -2.32. The number of hydrogen-bond donors (Lipinski definition) is 1. The van der Waals surface area contributed by atoms with E-state index in [-0.39, 0.29) is 23.7 Å². The number of rotatable bonds is 8. The van der Waals surface area contributed by atoms with Crippen molar-refractivity contribution in [2.45, 2.75) is 58.1 Å². The molecule has 1 saturated heterocycles. The zero-order valence-corrected chi connectivity index (χ0v) is 25.8. The van der Waals surface area contributed by atoms with Gasteiger partial charge in [-0.1, -0.05) is 35.9 Å². The number of anilines is 1. The molecule has 0 bridgehead atoms. The molecule has 0 atom stereocenters. The number of aromatic nitrogens is 3. The summed E-state index contributed by atoms with van der Waals surface area (Å²) in [4.78, 5) is 32.7. The fourth-order valence-corrected chi connectivity index (χ4v) is 5.25. The average molecular weight is 618 g/mol. The van der Waals surface area contributed by atoms with Crippen LogP contribution >= 0.6 is 11.6 Å². The molecule has 0 unspecified atom stereocenters. The SMILES string of the molecule is CC(C)(C)OC(=O)N(CC1CCOCC1)c1cc(Oc2ccccc2Cl)nn2c(-c3ccc(C(=O)NC4CC4)cc3)cnc12. The van der Waals surface area contributed by atoms with E-state index in [1.165, 1.54) is 0 Å². The van der Waals surface area contributed by atoms with E-state index in [4.69, 9.17) is 35.9 Å². The summed E-state index contributed by atoms with van der Waals surface area (Å²) in [5, 5.41) is 8.21. The van der Waals surface area contributed by atoms with Gasteiger partial charge in [0.2, 0.25) is 5.88 Å². The third-order valence-electron chi connectivity index (χ3n) is 7.52. The summed E-state index contributed by atoms with van der Waals surface area (Å²) in [6.45, 7) is 7.22. The maximum atomic E-state index is 13.8. The highest BCUT2D eigenvalue weighted by atomic mass is 35.5. The first-order chi connectivity index (χ1) is 21.1. The van der Waals surface area contributed by atoms with Crippen LogP contribution in [0.4, 0.5) is 10.5 Å². The number of carbonyl (C=O) groups excluding carboxylic acids is 2. The Balaban J connectivity index is 1.43. The van der Waals surface area contributed by atoms with Gasteiger partial charge in [-0.25, -0.2) is 14.3 Å². The molecule has 1 saturated carbocycles. The normalized spacial score (nSPS) is 15.6. The van der Waals surface area contributed by atoms with Crippen LogP contribution in [0.5, 0.6) is 11.6 Å². The molecule has 2 aromatic carbocycles. The summed E-state index contributed by atoms with van der Waals surface area (Å²) >= 11 is 6.43. The standard InChI is InChI=1S/C33H36ClN5O5/c1-33(2,3)44-32(41)38(20-21-14-16-42-17-15-21)26-18-29(43-28-7-5-4-6-25(28)34)37-39-27(19-35-30(26)39)22-8-10-23(11-9-22)31(40)36-24-12-13-24/h4-11,18-19,21,24H,12-17,20H2,1-3H3,(H,36,40). The van der Waals surface area contributed by atoms with E-state index in [1.807, 2.05) is 45.0 Å². The molecule has 3 heterocycles. The van der Waals surface area contributed by atoms with Gasteiger partial charge in [-0.2, -0.15) is 0 Å². The van der Waals surface area contributed by atoms with Crippen LogP contribution < -0.4 is 15.0 Å². The Hall–Kier alpha value is -4.15. The lowest BCUT2D eigenvalue weighted by atomic mass is 9.99. The topological polar surface area (TPSA) is 107 Å². The van der Waals surface area contributed by atoms with Crippen molar-refractivity contribution in [2.24, 2.45) is 5.92 Å². The predicted molar refractivity (Wildman–Crippen MR) is 168 cm³/mol. The Bertz CT molecular complexity index is 1660. The smallest absolute Gasteiger partial charge is 0.414 e. The van der Waals surface area contributed by atoms with Crippen LogP contribution in [0.2, 0.25) is 5.02 Å². The maximum Gasteiger partial charge on any atom is 0.414 e. The zero-order chi connectivity index (χ0) is 30.8. The van der Waals surface area contributed by atoms with Crippen LogP contribution in [-0.2, 0) is 9.47 Å².